The van der Waals surface area contributed by atoms with Crippen LogP contribution < -0.4 is 5.32 Å². The first-order valence-electron chi connectivity index (χ1n) is 7.38. The smallest absolute Gasteiger partial charge is 0.269 e. The molecule has 0 fully saturated rings. The number of hydrogen-bond acceptors (Lipinski definition) is 2. The largest absolute Gasteiger partial charge is 0.351 e. The van der Waals surface area contributed by atoms with Crippen molar-refractivity contribution in [2.45, 2.75) is 32.6 Å². The van der Waals surface area contributed by atoms with Crippen molar-refractivity contribution in [3.05, 3.63) is 47.0 Å². The first-order valence-corrected chi connectivity index (χ1v) is 7.79. The van der Waals surface area contributed by atoms with Gasteiger partial charge < -0.3 is 10.3 Å². The molecule has 1 aromatic heterocycles. The average molecular weight is 303 g/mol. The summed E-state index contributed by atoms with van der Waals surface area (Å²) in [5.74, 6) is -0.0947. The second-order valence-electron chi connectivity index (χ2n) is 4.97. The van der Waals surface area contributed by atoms with E-state index < -0.39 is 0 Å². The molecule has 1 amide bonds. The first-order chi connectivity index (χ1) is 10.2. The molecule has 0 unspecified atom stereocenters. The zero-order valence-corrected chi connectivity index (χ0v) is 13.1. The normalized spacial score (nSPS) is 10.5. The van der Waals surface area contributed by atoms with Gasteiger partial charge in [0.2, 0.25) is 0 Å². The monoisotopic (exact) mass is 303 g/mol. The van der Waals surface area contributed by atoms with Gasteiger partial charge in [-0.2, -0.15) is 0 Å². The van der Waals surface area contributed by atoms with Crippen molar-refractivity contribution in [2.75, 3.05) is 6.54 Å². The van der Waals surface area contributed by atoms with Gasteiger partial charge in [0.1, 0.15) is 5.69 Å². The van der Waals surface area contributed by atoms with E-state index in [9.17, 15) is 4.79 Å². The maximum Gasteiger partial charge on any atom is 0.269 e. The number of carbonyl (C=O) groups excluding carboxylic acids is 1. The number of carbonyl (C=O) groups is 1. The van der Waals surface area contributed by atoms with Crippen LogP contribution in [0.4, 0.5) is 0 Å². The third-order valence-electron chi connectivity index (χ3n) is 3.34. The van der Waals surface area contributed by atoms with Gasteiger partial charge in [-0.15, -0.1) is 0 Å². The second-order valence-corrected chi connectivity index (χ2v) is 5.35. The van der Waals surface area contributed by atoms with Crippen molar-refractivity contribution in [3.63, 3.8) is 0 Å². The maximum absolute atomic E-state index is 12.3. The minimum absolute atomic E-state index is 0.0947. The molecule has 1 heterocycles. The highest BCUT2D eigenvalue weighted by atomic mass is 32.1. The molecule has 0 aliphatic carbocycles. The fourth-order valence-electron chi connectivity index (χ4n) is 2.21. The lowest BCUT2D eigenvalue weighted by Gasteiger charge is -2.09. The van der Waals surface area contributed by atoms with Crippen LogP contribution >= 0.6 is 12.2 Å². The molecule has 5 heteroatoms. The van der Waals surface area contributed by atoms with Crippen LogP contribution in [0.3, 0.4) is 0 Å². The van der Waals surface area contributed by atoms with Crippen LogP contribution in [0.2, 0.25) is 0 Å². The predicted molar refractivity (Wildman–Crippen MR) is 87.4 cm³/mol. The molecule has 0 aliphatic heterocycles. The molecule has 0 aliphatic rings. The lowest BCUT2D eigenvalue weighted by atomic mass is 10.2. The Balaban J connectivity index is 2.07. The number of unbranched alkanes of at least 4 members (excludes halogenated alkanes) is 3. The lowest BCUT2D eigenvalue weighted by molar-refractivity contribution is 0.0946. The van der Waals surface area contributed by atoms with Gasteiger partial charge >= 0.3 is 0 Å². The van der Waals surface area contributed by atoms with Crippen molar-refractivity contribution >= 4 is 18.1 Å². The summed E-state index contributed by atoms with van der Waals surface area (Å²) in [6, 6.07) is 9.66. The third-order valence-corrected chi connectivity index (χ3v) is 3.64. The number of aromatic nitrogens is 2. The van der Waals surface area contributed by atoms with Crippen LogP contribution in [0.5, 0.6) is 0 Å². The Hall–Kier alpha value is -1.88. The van der Waals surface area contributed by atoms with Gasteiger partial charge in [0.15, 0.2) is 4.77 Å². The van der Waals surface area contributed by atoms with Crippen molar-refractivity contribution < 1.29 is 4.79 Å². The molecule has 2 rings (SSSR count). The van der Waals surface area contributed by atoms with Gasteiger partial charge in [0.25, 0.3) is 5.91 Å². The van der Waals surface area contributed by atoms with E-state index in [1.54, 1.807) is 10.8 Å². The summed E-state index contributed by atoms with van der Waals surface area (Å²) in [6.07, 6.45) is 6.22. The van der Waals surface area contributed by atoms with Crippen molar-refractivity contribution in [3.8, 4) is 5.69 Å². The van der Waals surface area contributed by atoms with E-state index in [-0.39, 0.29) is 5.91 Å². The van der Waals surface area contributed by atoms with Crippen molar-refractivity contribution in [1.29, 1.82) is 0 Å². The van der Waals surface area contributed by atoms with Gasteiger partial charge in [-0.1, -0.05) is 44.4 Å². The van der Waals surface area contributed by atoms with Crippen LogP contribution in [0, 0.1) is 4.77 Å². The number of nitrogens with zero attached hydrogens (tertiary/aromatic N) is 1. The number of amides is 1. The highest BCUT2D eigenvalue weighted by Gasteiger charge is 2.13. The van der Waals surface area contributed by atoms with Crippen LogP contribution in [0.15, 0.2) is 36.5 Å². The quantitative estimate of drug-likeness (QED) is 0.603. The number of hydrogen-bond donors (Lipinski definition) is 2. The average Bonchev–Trinajstić information content (AvgIpc) is 2.89. The third kappa shape index (κ3) is 4.04. The standard InChI is InChI=1S/C16H21N3OS/c1-2-3-4-8-11-17-15(20)14-12-18-16(21)19(14)13-9-6-5-7-10-13/h5-7,9-10,12H,2-4,8,11H2,1H3,(H,17,20)(H,18,21). The molecule has 0 saturated carbocycles. The molecule has 0 spiro atoms. The molecule has 2 aromatic rings. The molecule has 0 saturated heterocycles. The van der Waals surface area contributed by atoms with E-state index in [4.69, 9.17) is 12.2 Å². The molecule has 0 radical (unpaired) electrons. The maximum atomic E-state index is 12.3. The fraction of sp³-hybridized carbons (Fsp3) is 0.375. The van der Waals surface area contributed by atoms with Crippen LogP contribution in [-0.4, -0.2) is 22.0 Å². The van der Waals surface area contributed by atoms with Gasteiger partial charge in [-0.05, 0) is 30.8 Å². The summed E-state index contributed by atoms with van der Waals surface area (Å²) in [5.41, 5.74) is 1.43. The molecule has 1 aromatic carbocycles. The van der Waals surface area contributed by atoms with Crippen LogP contribution in [0.25, 0.3) is 5.69 Å². The Kier molecular flexibility index (Phi) is 5.75. The molecular weight excluding hydrogens is 282 g/mol. The minimum Gasteiger partial charge on any atom is -0.351 e. The number of rotatable bonds is 7. The zero-order valence-electron chi connectivity index (χ0n) is 12.3. The van der Waals surface area contributed by atoms with E-state index in [1.165, 1.54) is 12.8 Å². The number of imidazole rings is 1. The van der Waals surface area contributed by atoms with Crippen molar-refractivity contribution in [2.24, 2.45) is 0 Å². The highest BCUT2D eigenvalue weighted by Crippen LogP contribution is 2.12. The summed E-state index contributed by atoms with van der Waals surface area (Å²) < 4.78 is 2.29. The van der Waals surface area contributed by atoms with E-state index in [2.05, 4.69) is 17.2 Å². The summed E-state index contributed by atoms with van der Waals surface area (Å²) >= 11 is 5.27. The van der Waals surface area contributed by atoms with Gasteiger partial charge in [-0.3, -0.25) is 9.36 Å². The Morgan fingerprint density at radius 2 is 2.00 bits per heavy atom. The lowest BCUT2D eigenvalue weighted by Crippen LogP contribution is -2.26. The van der Waals surface area contributed by atoms with Gasteiger partial charge in [-0.25, -0.2) is 0 Å². The predicted octanol–water partition coefficient (Wildman–Crippen LogP) is 3.84. The summed E-state index contributed by atoms with van der Waals surface area (Å²) in [4.78, 5) is 15.2. The molecular formula is C16H21N3OS. The number of aromatic amines is 1. The van der Waals surface area contributed by atoms with Crippen LogP contribution in [0.1, 0.15) is 43.1 Å². The van der Waals surface area contributed by atoms with Crippen molar-refractivity contribution in [1.82, 2.24) is 14.9 Å². The molecule has 2 N–H and O–H groups in total. The number of H-pyrrole nitrogens is 1. The van der Waals surface area contributed by atoms with E-state index in [0.29, 0.717) is 17.0 Å². The molecule has 0 atom stereocenters. The van der Waals surface area contributed by atoms with Gasteiger partial charge in [0, 0.05) is 18.4 Å². The summed E-state index contributed by atoms with van der Waals surface area (Å²) in [6.45, 7) is 2.87. The van der Waals surface area contributed by atoms with E-state index >= 15 is 0 Å². The molecule has 112 valence electrons. The molecule has 4 nitrogen and oxygen atoms in total. The fourth-order valence-corrected chi connectivity index (χ4v) is 2.48. The van der Waals surface area contributed by atoms with Gasteiger partial charge in [0.05, 0.1) is 0 Å². The number of benzene rings is 1. The molecule has 0 bridgehead atoms. The first kappa shape index (κ1) is 15.5. The highest BCUT2D eigenvalue weighted by molar-refractivity contribution is 7.71. The Bertz CT molecular complexity index is 630. The summed E-state index contributed by atoms with van der Waals surface area (Å²) in [5, 5.41) is 2.96. The van der Waals surface area contributed by atoms with E-state index in [0.717, 1.165) is 18.5 Å². The molecule has 21 heavy (non-hydrogen) atoms. The zero-order chi connectivity index (χ0) is 15.1. The Morgan fingerprint density at radius 3 is 2.71 bits per heavy atom. The van der Waals surface area contributed by atoms with Crippen LogP contribution in [-0.2, 0) is 0 Å². The van der Waals surface area contributed by atoms with E-state index in [1.807, 2.05) is 30.3 Å². The topological polar surface area (TPSA) is 49.8 Å². The summed E-state index contributed by atoms with van der Waals surface area (Å²) in [7, 11) is 0. The minimum atomic E-state index is -0.0947. The number of nitrogens with one attached hydrogen (secondary N) is 2. The number of para-hydroxylation sites is 1. The second kappa shape index (κ2) is 7.78. The SMILES string of the molecule is CCCCCCNC(=O)c1c[nH]c(=S)n1-c1ccccc1. The Labute approximate surface area is 130 Å². The Morgan fingerprint density at radius 1 is 1.24 bits per heavy atom.